The molecular formula is C16H20N4. The van der Waals surface area contributed by atoms with E-state index in [4.69, 9.17) is 5.84 Å². The third kappa shape index (κ3) is 2.60. The maximum Gasteiger partial charge on any atom is 0.0617 e. The summed E-state index contributed by atoms with van der Waals surface area (Å²) in [6.45, 7) is 4.18. The molecule has 104 valence electrons. The second-order valence-electron chi connectivity index (χ2n) is 5.50. The molecule has 20 heavy (non-hydrogen) atoms. The Hall–Kier alpha value is -2.07. The van der Waals surface area contributed by atoms with Crippen LogP contribution in [0.1, 0.15) is 18.2 Å². The lowest BCUT2D eigenvalue weighted by Gasteiger charge is -2.34. The van der Waals surface area contributed by atoms with Gasteiger partial charge in [-0.3, -0.25) is 10.8 Å². The number of anilines is 2. The monoisotopic (exact) mass is 268 g/mol. The summed E-state index contributed by atoms with van der Waals surface area (Å²) in [5, 5.41) is 0. The molecule has 4 nitrogen and oxygen atoms in total. The molecule has 0 spiro atoms. The molecule has 2 heterocycles. The van der Waals surface area contributed by atoms with Gasteiger partial charge < -0.3 is 10.3 Å². The Morgan fingerprint density at radius 1 is 1.35 bits per heavy atom. The summed E-state index contributed by atoms with van der Waals surface area (Å²) in [5.41, 5.74) is 7.36. The second-order valence-corrected chi connectivity index (χ2v) is 5.50. The number of nitrogen functional groups attached to an aromatic ring is 1. The van der Waals surface area contributed by atoms with Crippen molar-refractivity contribution in [1.82, 2.24) is 4.98 Å². The van der Waals surface area contributed by atoms with Crippen molar-refractivity contribution in [1.29, 1.82) is 0 Å². The molecule has 0 amide bonds. The van der Waals surface area contributed by atoms with Crippen LogP contribution in [0.25, 0.3) is 0 Å². The Kier molecular flexibility index (Phi) is 3.56. The zero-order valence-corrected chi connectivity index (χ0v) is 11.7. The fourth-order valence-electron chi connectivity index (χ4n) is 2.91. The zero-order valence-electron chi connectivity index (χ0n) is 11.7. The van der Waals surface area contributed by atoms with E-state index in [-0.39, 0.29) is 0 Å². The molecule has 0 aliphatic carbocycles. The van der Waals surface area contributed by atoms with Gasteiger partial charge >= 0.3 is 0 Å². The molecule has 3 rings (SSSR count). The summed E-state index contributed by atoms with van der Waals surface area (Å²) < 4.78 is 0. The van der Waals surface area contributed by atoms with E-state index in [2.05, 4.69) is 46.5 Å². The molecule has 0 radical (unpaired) electrons. The first kappa shape index (κ1) is 12.9. The van der Waals surface area contributed by atoms with Crippen LogP contribution in [-0.2, 0) is 13.0 Å². The zero-order chi connectivity index (χ0) is 13.9. The van der Waals surface area contributed by atoms with E-state index in [1.165, 1.54) is 11.3 Å². The van der Waals surface area contributed by atoms with Crippen LogP contribution in [0.15, 0.2) is 42.6 Å². The smallest absolute Gasteiger partial charge is 0.0617 e. The van der Waals surface area contributed by atoms with Gasteiger partial charge in [0, 0.05) is 18.4 Å². The van der Waals surface area contributed by atoms with Crippen LogP contribution in [0.3, 0.4) is 0 Å². The standard InChI is InChI=1S/C16H20N4/c1-12-8-13-4-2-3-5-16(13)20(10-12)11-15-9-14(19-17)6-7-18-15/h2-7,9,12H,8,10-11,17H2,1H3,(H,18,19). The number of hydrogen-bond acceptors (Lipinski definition) is 4. The number of hydrogen-bond donors (Lipinski definition) is 2. The van der Waals surface area contributed by atoms with Crippen molar-refractivity contribution in [2.45, 2.75) is 19.9 Å². The highest BCUT2D eigenvalue weighted by atomic mass is 15.2. The number of aromatic nitrogens is 1. The van der Waals surface area contributed by atoms with E-state index in [9.17, 15) is 0 Å². The Morgan fingerprint density at radius 3 is 3.05 bits per heavy atom. The molecule has 0 saturated heterocycles. The highest BCUT2D eigenvalue weighted by Gasteiger charge is 2.21. The molecule has 1 aliphatic rings. The minimum atomic E-state index is 0.667. The van der Waals surface area contributed by atoms with Gasteiger partial charge in [-0.05, 0) is 36.1 Å². The molecule has 1 atom stereocenters. The van der Waals surface area contributed by atoms with Crippen molar-refractivity contribution in [2.24, 2.45) is 11.8 Å². The van der Waals surface area contributed by atoms with Crippen LogP contribution in [0.2, 0.25) is 0 Å². The lowest BCUT2D eigenvalue weighted by atomic mass is 9.94. The Labute approximate surface area is 119 Å². The quantitative estimate of drug-likeness (QED) is 0.663. The van der Waals surface area contributed by atoms with Gasteiger partial charge in [0.05, 0.1) is 17.9 Å². The largest absolute Gasteiger partial charge is 0.365 e. The average Bonchev–Trinajstić information content (AvgIpc) is 2.47. The first-order valence-electron chi connectivity index (χ1n) is 7.00. The van der Waals surface area contributed by atoms with Crippen LogP contribution in [0.4, 0.5) is 11.4 Å². The lowest BCUT2D eigenvalue weighted by Crippen LogP contribution is -2.34. The topological polar surface area (TPSA) is 54.2 Å². The number of benzene rings is 1. The van der Waals surface area contributed by atoms with Gasteiger partial charge in [-0.2, -0.15) is 0 Å². The van der Waals surface area contributed by atoms with E-state index in [1.807, 2.05) is 12.1 Å². The number of para-hydroxylation sites is 1. The van der Waals surface area contributed by atoms with E-state index >= 15 is 0 Å². The van der Waals surface area contributed by atoms with Gasteiger partial charge in [-0.25, -0.2) is 0 Å². The van der Waals surface area contributed by atoms with Crippen LogP contribution >= 0.6 is 0 Å². The summed E-state index contributed by atoms with van der Waals surface area (Å²) in [4.78, 5) is 6.85. The molecule has 4 heteroatoms. The first-order valence-corrected chi connectivity index (χ1v) is 7.00. The Bertz CT molecular complexity index is 597. The molecule has 0 fully saturated rings. The SMILES string of the molecule is CC1Cc2ccccc2N(Cc2cc(NN)ccn2)C1. The van der Waals surface area contributed by atoms with Crippen molar-refractivity contribution >= 4 is 11.4 Å². The molecule has 1 unspecified atom stereocenters. The molecule has 1 aromatic heterocycles. The first-order chi connectivity index (χ1) is 9.76. The molecule has 3 N–H and O–H groups in total. The van der Waals surface area contributed by atoms with Crippen LogP contribution < -0.4 is 16.2 Å². The number of pyridine rings is 1. The van der Waals surface area contributed by atoms with Gasteiger partial charge in [0.25, 0.3) is 0 Å². The van der Waals surface area contributed by atoms with Crippen LogP contribution in [0, 0.1) is 5.92 Å². The summed E-state index contributed by atoms with van der Waals surface area (Å²) >= 11 is 0. The minimum Gasteiger partial charge on any atom is -0.365 e. The van der Waals surface area contributed by atoms with Gasteiger partial charge in [0.1, 0.15) is 0 Å². The fraction of sp³-hybridized carbons (Fsp3) is 0.312. The maximum atomic E-state index is 5.46. The summed E-state index contributed by atoms with van der Waals surface area (Å²) in [6, 6.07) is 12.5. The highest BCUT2D eigenvalue weighted by Crippen LogP contribution is 2.30. The van der Waals surface area contributed by atoms with Crippen LogP contribution in [0.5, 0.6) is 0 Å². The summed E-state index contributed by atoms with van der Waals surface area (Å²) in [6.07, 6.45) is 2.95. The van der Waals surface area contributed by atoms with Crippen molar-refractivity contribution < 1.29 is 0 Å². The number of nitrogens with two attached hydrogens (primary N) is 1. The van der Waals surface area contributed by atoms with Crippen LogP contribution in [-0.4, -0.2) is 11.5 Å². The normalized spacial score (nSPS) is 17.7. The molecule has 2 aromatic rings. The number of fused-ring (bicyclic) bond motifs is 1. The summed E-state index contributed by atoms with van der Waals surface area (Å²) in [7, 11) is 0. The molecule has 0 bridgehead atoms. The predicted molar refractivity (Wildman–Crippen MR) is 82.4 cm³/mol. The third-order valence-corrected chi connectivity index (χ3v) is 3.77. The number of rotatable bonds is 3. The molecular weight excluding hydrogens is 248 g/mol. The third-order valence-electron chi connectivity index (χ3n) is 3.77. The second kappa shape index (κ2) is 5.51. The number of nitrogens with zero attached hydrogens (tertiary/aromatic N) is 2. The van der Waals surface area contributed by atoms with Gasteiger partial charge in [-0.15, -0.1) is 0 Å². The van der Waals surface area contributed by atoms with E-state index in [0.717, 1.165) is 30.9 Å². The van der Waals surface area contributed by atoms with Gasteiger partial charge in [0.2, 0.25) is 0 Å². The van der Waals surface area contributed by atoms with Crippen molar-refractivity contribution in [3.63, 3.8) is 0 Å². The lowest BCUT2D eigenvalue weighted by molar-refractivity contribution is 0.528. The molecule has 0 saturated carbocycles. The summed E-state index contributed by atoms with van der Waals surface area (Å²) in [5.74, 6) is 6.13. The fourth-order valence-corrected chi connectivity index (χ4v) is 2.91. The molecule has 1 aliphatic heterocycles. The maximum absolute atomic E-state index is 5.46. The average molecular weight is 268 g/mol. The minimum absolute atomic E-state index is 0.667. The highest BCUT2D eigenvalue weighted by molar-refractivity contribution is 5.56. The van der Waals surface area contributed by atoms with Crippen molar-refractivity contribution in [3.8, 4) is 0 Å². The number of nitrogens with one attached hydrogen (secondary N) is 1. The van der Waals surface area contributed by atoms with Crippen molar-refractivity contribution in [3.05, 3.63) is 53.9 Å². The predicted octanol–water partition coefficient (Wildman–Crippen LogP) is 2.57. The Morgan fingerprint density at radius 2 is 2.20 bits per heavy atom. The van der Waals surface area contributed by atoms with Gasteiger partial charge in [-0.1, -0.05) is 25.1 Å². The van der Waals surface area contributed by atoms with Crippen molar-refractivity contribution in [2.75, 3.05) is 16.9 Å². The van der Waals surface area contributed by atoms with E-state index in [1.54, 1.807) is 6.20 Å². The molecule has 1 aromatic carbocycles. The Balaban J connectivity index is 1.87. The van der Waals surface area contributed by atoms with E-state index < -0.39 is 0 Å². The number of hydrazine groups is 1. The van der Waals surface area contributed by atoms with E-state index in [0.29, 0.717) is 5.92 Å². The van der Waals surface area contributed by atoms with Gasteiger partial charge in [0.15, 0.2) is 0 Å².